The summed E-state index contributed by atoms with van der Waals surface area (Å²) in [7, 11) is 4.14. The van der Waals surface area contributed by atoms with Gasteiger partial charge in [0, 0.05) is 99.7 Å². The van der Waals surface area contributed by atoms with Crippen LogP contribution in [0.3, 0.4) is 0 Å². The van der Waals surface area contributed by atoms with Crippen molar-refractivity contribution in [1.82, 2.24) is 29.5 Å². The first-order valence-corrected chi connectivity index (χ1v) is 16.9. The van der Waals surface area contributed by atoms with Crippen molar-refractivity contribution in [3.63, 3.8) is 0 Å². The number of nitrogens with zero attached hydrogens (tertiary/aromatic N) is 8. The van der Waals surface area contributed by atoms with Gasteiger partial charge in [0.05, 0.1) is 36.8 Å². The second-order valence-electron chi connectivity index (χ2n) is 13.2. The average molecular weight is 658 g/mol. The predicted molar refractivity (Wildman–Crippen MR) is 180 cm³/mol. The number of aromatic nitrogens is 4. The molecule has 0 unspecified atom stereocenters. The molecular weight excluding hydrogens is 616 g/mol. The normalized spacial score (nSPS) is 20.7. The second kappa shape index (κ2) is 12.9. The van der Waals surface area contributed by atoms with Crippen molar-refractivity contribution in [3.05, 3.63) is 71.8 Å². The van der Waals surface area contributed by atoms with Crippen LogP contribution in [0, 0.1) is 11.6 Å². The van der Waals surface area contributed by atoms with E-state index >= 15 is 0 Å². The van der Waals surface area contributed by atoms with Crippen molar-refractivity contribution in [3.8, 4) is 16.9 Å². The van der Waals surface area contributed by atoms with Gasteiger partial charge >= 0.3 is 0 Å². The molecule has 3 saturated heterocycles. The molecule has 6 heterocycles. The van der Waals surface area contributed by atoms with Gasteiger partial charge in [-0.25, -0.2) is 23.8 Å². The number of fused-ring (bicyclic) bond motifs is 1. The Morgan fingerprint density at radius 3 is 2.56 bits per heavy atom. The molecule has 1 atom stereocenters. The number of aryl methyl sites for hydroxylation is 1. The van der Waals surface area contributed by atoms with Crippen LogP contribution in [0.1, 0.15) is 36.4 Å². The fourth-order valence-corrected chi connectivity index (χ4v) is 7.67. The highest BCUT2D eigenvalue weighted by Gasteiger charge is 2.34. The van der Waals surface area contributed by atoms with Gasteiger partial charge in [-0.2, -0.15) is 5.10 Å². The van der Waals surface area contributed by atoms with E-state index in [4.69, 9.17) is 9.57 Å². The van der Waals surface area contributed by atoms with Gasteiger partial charge in [-0.15, -0.1) is 0 Å². The molecular formula is C35H41F2N9O2. The average Bonchev–Trinajstić information content (AvgIpc) is 3.88. The summed E-state index contributed by atoms with van der Waals surface area (Å²) < 4.78 is 37.0. The smallest absolute Gasteiger partial charge is 0.164 e. The molecule has 0 aliphatic carbocycles. The molecule has 0 saturated carbocycles. The van der Waals surface area contributed by atoms with Crippen LogP contribution in [-0.4, -0.2) is 95.1 Å². The maximum Gasteiger partial charge on any atom is 0.164 e. The number of anilines is 4. The number of halogens is 2. The highest BCUT2D eigenvalue weighted by atomic mass is 19.2. The van der Waals surface area contributed by atoms with Gasteiger partial charge in [-0.3, -0.25) is 14.4 Å². The largest absolute Gasteiger partial charge is 0.491 e. The lowest BCUT2D eigenvalue weighted by Gasteiger charge is -2.43. The van der Waals surface area contributed by atoms with Crippen LogP contribution in [0.25, 0.3) is 11.1 Å². The van der Waals surface area contributed by atoms with Gasteiger partial charge < -0.3 is 19.9 Å². The molecule has 4 aromatic rings. The third-order valence-corrected chi connectivity index (χ3v) is 10.2. The SMILES string of the molecule is CN1CCN(C2CCN(c3c(-c4cnn(C)c4)cc(Nc4cc(N5OCC[C@@H]5c5cccc(F)c5F)ncn4)c4c3CCO4)CC2)CC1. The zero-order valence-corrected chi connectivity index (χ0v) is 27.4. The van der Waals surface area contributed by atoms with Crippen LogP contribution in [0.4, 0.5) is 31.8 Å². The first-order chi connectivity index (χ1) is 23.4. The third-order valence-electron chi connectivity index (χ3n) is 10.2. The Hall–Kier alpha value is -4.33. The quantitative estimate of drug-likeness (QED) is 0.295. The number of hydrogen-bond donors (Lipinski definition) is 1. The van der Waals surface area contributed by atoms with Crippen molar-refractivity contribution in [2.24, 2.45) is 7.05 Å². The third kappa shape index (κ3) is 5.84. The maximum atomic E-state index is 14.8. The van der Waals surface area contributed by atoms with Crippen LogP contribution in [0.5, 0.6) is 5.75 Å². The molecule has 2 aromatic heterocycles. The van der Waals surface area contributed by atoms with E-state index in [0.717, 1.165) is 87.2 Å². The van der Waals surface area contributed by atoms with Gasteiger partial charge in [0.15, 0.2) is 17.5 Å². The molecule has 0 bridgehead atoms. The summed E-state index contributed by atoms with van der Waals surface area (Å²) in [6.45, 7) is 7.49. The molecule has 1 N–H and O–H groups in total. The van der Waals surface area contributed by atoms with E-state index in [1.54, 1.807) is 17.2 Å². The predicted octanol–water partition coefficient (Wildman–Crippen LogP) is 4.93. The molecule has 0 spiro atoms. The number of ether oxygens (including phenoxy) is 1. The molecule has 252 valence electrons. The van der Waals surface area contributed by atoms with E-state index in [9.17, 15) is 8.78 Å². The number of hydrogen-bond acceptors (Lipinski definition) is 10. The fourth-order valence-electron chi connectivity index (χ4n) is 7.67. The summed E-state index contributed by atoms with van der Waals surface area (Å²) in [6, 6.07) is 8.21. The zero-order chi connectivity index (χ0) is 32.8. The first kappa shape index (κ1) is 31.0. The zero-order valence-electron chi connectivity index (χ0n) is 27.4. The molecule has 2 aromatic carbocycles. The van der Waals surface area contributed by atoms with E-state index < -0.39 is 17.7 Å². The van der Waals surface area contributed by atoms with Crippen molar-refractivity contribution in [2.75, 3.05) is 74.8 Å². The molecule has 48 heavy (non-hydrogen) atoms. The maximum absolute atomic E-state index is 14.8. The number of benzene rings is 2. The van der Waals surface area contributed by atoms with Gasteiger partial charge in [0.25, 0.3) is 0 Å². The lowest BCUT2D eigenvalue weighted by Crippen LogP contribution is -2.52. The van der Waals surface area contributed by atoms with Crippen LogP contribution < -0.4 is 20.0 Å². The standard InChI is InChI=1S/C35H41F2N9O2/c1-42-12-14-44(15-13-42)24-6-10-45(11-7-24)34-26-8-16-47-35(26)29(18-27(34)23-20-40-43(2)21-23)41-31-19-32(39-22-38-31)46-30(9-17-48-46)25-4-3-5-28(36)33(25)37/h3-5,18-22,24,30H,6-17H2,1-2H3,(H,38,39,41)/t30-/m1/s1. The minimum absolute atomic E-state index is 0.233. The molecule has 3 fully saturated rings. The van der Waals surface area contributed by atoms with Crippen LogP contribution in [0.2, 0.25) is 0 Å². The molecule has 4 aliphatic heterocycles. The fraction of sp³-hybridized carbons (Fsp3) is 0.457. The number of piperazine rings is 1. The van der Waals surface area contributed by atoms with Gasteiger partial charge in [0.2, 0.25) is 0 Å². The van der Waals surface area contributed by atoms with E-state index in [-0.39, 0.29) is 5.56 Å². The topological polar surface area (TPSA) is 87.1 Å². The summed E-state index contributed by atoms with van der Waals surface area (Å²) in [6.07, 6.45) is 8.99. The van der Waals surface area contributed by atoms with Gasteiger partial charge in [-0.1, -0.05) is 12.1 Å². The monoisotopic (exact) mass is 657 g/mol. The van der Waals surface area contributed by atoms with Crippen molar-refractivity contribution in [2.45, 2.75) is 37.8 Å². The number of nitrogens with one attached hydrogen (secondary N) is 1. The summed E-state index contributed by atoms with van der Waals surface area (Å²) in [5.74, 6) is 0.0550. The molecule has 0 radical (unpaired) electrons. The summed E-state index contributed by atoms with van der Waals surface area (Å²) >= 11 is 0. The van der Waals surface area contributed by atoms with Crippen LogP contribution in [0.15, 0.2) is 49.1 Å². The molecule has 8 rings (SSSR count). The summed E-state index contributed by atoms with van der Waals surface area (Å²) in [5, 5.41) is 9.55. The van der Waals surface area contributed by atoms with Crippen LogP contribution >= 0.6 is 0 Å². The highest BCUT2D eigenvalue weighted by Crippen LogP contribution is 2.48. The van der Waals surface area contributed by atoms with E-state index in [2.05, 4.69) is 54.4 Å². The minimum atomic E-state index is -0.884. The number of rotatable bonds is 7. The van der Waals surface area contributed by atoms with Gasteiger partial charge in [-0.05, 0) is 32.0 Å². The van der Waals surface area contributed by atoms with Crippen molar-refractivity contribution in [1.29, 1.82) is 0 Å². The Morgan fingerprint density at radius 2 is 1.77 bits per heavy atom. The van der Waals surface area contributed by atoms with E-state index in [1.165, 1.54) is 23.6 Å². The Balaban J connectivity index is 1.09. The Kier molecular flexibility index (Phi) is 8.35. The Labute approximate surface area is 279 Å². The van der Waals surface area contributed by atoms with Crippen LogP contribution in [-0.2, 0) is 18.3 Å². The summed E-state index contributed by atoms with van der Waals surface area (Å²) in [5.41, 5.74) is 5.60. The number of hydroxylamine groups is 1. The minimum Gasteiger partial charge on any atom is -0.491 e. The van der Waals surface area contributed by atoms with E-state index in [1.807, 2.05) is 17.9 Å². The lowest BCUT2D eigenvalue weighted by molar-refractivity contribution is 0.0982. The second-order valence-corrected chi connectivity index (χ2v) is 13.2. The Morgan fingerprint density at radius 1 is 0.938 bits per heavy atom. The van der Waals surface area contributed by atoms with Gasteiger partial charge in [0.1, 0.15) is 17.9 Å². The molecule has 4 aliphatic rings. The lowest BCUT2D eigenvalue weighted by atomic mass is 9.95. The number of likely N-dealkylation sites (N-methyl/N-ethyl adjacent to an activating group) is 1. The van der Waals surface area contributed by atoms with E-state index in [0.29, 0.717) is 37.3 Å². The van der Waals surface area contributed by atoms with Crippen molar-refractivity contribution < 1.29 is 18.4 Å². The molecule has 13 heteroatoms. The molecule has 11 nitrogen and oxygen atoms in total. The molecule has 0 amide bonds. The number of piperidine rings is 1. The Bertz CT molecular complexity index is 1790. The summed E-state index contributed by atoms with van der Waals surface area (Å²) in [4.78, 5) is 22.5. The van der Waals surface area contributed by atoms with Crippen molar-refractivity contribution >= 4 is 23.0 Å². The highest BCUT2D eigenvalue weighted by molar-refractivity contribution is 5.89. The first-order valence-electron chi connectivity index (χ1n) is 16.9.